The molecule has 0 aliphatic rings. The first-order valence-corrected chi connectivity index (χ1v) is 15.1. The Labute approximate surface area is 144 Å². The Kier molecular flexibility index (Phi) is 6.09. The van der Waals surface area contributed by atoms with Crippen molar-refractivity contribution in [2.45, 2.75) is 78.2 Å². The minimum atomic E-state index is -1.71. The summed E-state index contributed by atoms with van der Waals surface area (Å²) in [5, 5.41) is 0. The smallest absolute Gasteiger partial charge is 0.230 e. The quantitative estimate of drug-likeness (QED) is 0.352. The second-order valence-corrected chi connectivity index (χ2v) is 17.9. The molecule has 0 spiro atoms. The highest BCUT2D eigenvalue weighted by Gasteiger charge is 2.30. The lowest BCUT2D eigenvalue weighted by molar-refractivity contribution is -0.296. The van der Waals surface area contributed by atoms with Crippen molar-refractivity contribution in [3.05, 3.63) is 35.4 Å². The third kappa shape index (κ3) is 6.89. The second kappa shape index (κ2) is 6.80. The molecule has 0 saturated heterocycles. The van der Waals surface area contributed by atoms with Crippen LogP contribution < -0.4 is 0 Å². The largest absolute Gasteiger partial charge is 0.409 e. The van der Waals surface area contributed by atoms with Crippen LogP contribution in [0.25, 0.3) is 0 Å². The summed E-state index contributed by atoms with van der Waals surface area (Å²) in [7, 11) is -3.30. The summed E-state index contributed by atoms with van der Waals surface area (Å²) in [5.41, 5.74) is 1.54. The fourth-order valence-electron chi connectivity index (χ4n) is 2.37. The van der Waals surface area contributed by atoms with Gasteiger partial charge in [-0.2, -0.15) is 0 Å². The van der Waals surface area contributed by atoms with Crippen LogP contribution in [0.15, 0.2) is 24.3 Å². The number of hydrogen-bond donors (Lipinski definition) is 0. The van der Waals surface area contributed by atoms with Crippen molar-refractivity contribution in [3.63, 3.8) is 0 Å². The zero-order chi connectivity index (χ0) is 18.1. The maximum Gasteiger partial charge on any atom is 0.230 e. The van der Waals surface area contributed by atoms with Crippen LogP contribution in [0.1, 0.15) is 38.8 Å². The van der Waals surface area contributed by atoms with Crippen LogP contribution in [-0.4, -0.2) is 16.6 Å². The molecule has 0 saturated carbocycles. The molecule has 0 atom stereocenters. The van der Waals surface area contributed by atoms with Crippen LogP contribution >= 0.6 is 0 Å². The van der Waals surface area contributed by atoms with Gasteiger partial charge >= 0.3 is 0 Å². The van der Waals surface area contributed by atoms with Crippen molar-refractivity contribution < 1.29 is 13.9 Å². The number of rotatable bonds is 7. The molecule has 0 N–H and O–H groups in total. The van der Waals surface area contributed by atoms with E-state index in [2.05, 4.69) is 77.4 Å². The molecular weight excluding hydrogens is 320 g/mol. The van der Waals surface area contributed by atoms with E-state index in [0.29, 0.717) is 0 Å². The minimum Gasteiger partial charge on any atom is -0.409 e. The molecule has 0 aromatic heterocycles. The van der Waals surface area contributed by atoms with Crippen LogP contribution in [0.3, 0.4) is 0 Å². The van der Waals surface area contributed by atoms with Gasteiger partial charge < -0.3 is 4.43 Å². The van der Waals surface area contributed by atoms with E-state index in [-0.39, 0.29) is 5.60 Å². The van der Waals surface area contributed by atoms with Crippen LogP contribution in [0.2, 0.25) is 39.3 Å². The molecular formula is C18H34O3Si2. The first kappa shape index (κ1) is 20.6. The lowest BCUT2D eigenvalue weighted by Crippen LogP contribution is -2.36. The van der Waals surface area contributed by atoms with Gasteiger partial charge in [0.05, 0.1) is 5.60 Å². The molecule has 1 aromatic rings. The Bertz CT molecular complexity index is 509. The van der Waals surface area contributed by atoms with Crippen LogP contribution in [0, 0.1) is 0 Å². The predicted molar refractivity (Wildman–Crippen MR) is 102 cm³/mol. The maximum atomic E-state index is 6.32. The zero-order valence-corrected chi connectivity index (χ0v) is 18.5. The zero-order valence-electron chi connectivity index (χ0n) is 16.5. The third-order valence-corrected chi connectivity index (χ3v) is 5.04. The van der Waals surface area contributed by atoms with E-state index in [1.54, 1.807) is 0 Å². The molecule has 23 heavy (non-hydrogen) atoms. The van der Waals surface area contributed by atoms with Gasteiger partial charge in [0.1, 0.15) is 5.60 Å². The first-order valence-electron chi connectivity index (χ1n) is 8.30. The summed E-state index contributed by atoms with van der Waals surface area (Å²) in [6, 6.07) is 8.49. The van der Waals surface area contributed by atoms with Crippen LogP contribution in [0.5, 0.6) is 0 Å². The summed E-state index contributed by atoms with van der Waals surface area (Å²) < 4.78 is 11.9. The van der Waals surface area contributed by atoms with Crippen LogP contribution in [-0.2, 0) is 25.1 Å². The Hall–Kier alpha value is -0.466. The molecule has 3 nitrogen and oxygen atoms in total. The Morgan fingerprint density at radius 1 is 0.652 bits per heavy atom. The average molecular weight is 355 g/mol. The van der Waals surface area contributed by atoms with E-state index >= 15 is 0 Å². The van der Waals surface area contributed by atoms with Crippen molar-refractivity contribution in [2.24, 2.45) is 0 Å². The fourth-order valence-corrected chi connectivity index (χ4v) is 4.48. The molecule has 0 unspecified atom stereocenters. The molecule has 0 bridgehead atoms. The molecule has 0 aliphatic carbocycles. The topological polar surface area (TPSA) is 27.7 Å². The predicted octanol–water partition coefficient (Wildman–Crippen LogP) is 5.79. The summed E-state index contributed by atoms with van der Waals surface area (Å²) in [4.78, 5) is 5.72. The molecule has 0 aliphatic heterocycles. The first-order chi connectivity index (χ1) is 10.1. The average Bonchev–Trinajstić information content (AvgIpc) is 2.33. The highest BCUT2D eigenvalue weighted by atomic mass is 28.4. The Balaban J connectivity index is 2.91. The summed E-state index contributed by atoms with van der Waals surface area (Å²) >= 11 is 0. The maximum absolute atomic E-state index is 6.32. The van der Waals surface area contributed by atoms with Gasteiger partial charge in [-0.3, -0.25) is 4.58 Å². The van der Waals surface area contributed by atoms with Gasteiger partial charge in [0.2, 0.25) is 8.32 Å². The number of benzene rings is 1. The molecule has 1 aromatic carbocycles. The molecule has 1 rings (SSSR count). The Morgan fingerprint density at radius 2 is 1.04 bits per heavy atom. The van der Waals surface area contributed by atoms with Crippen molar-refractivity contribution in [1.29, 1.82) is 0 Å². The Morgan fingerprint density at radius 3 is 1.39 bits per heavy atom. The standard InChI is InChI=1S/C18H34O3Si2/c1-17(2,19-21-23(8,9)10)15-11-13-16(14-12-15)18(3,4)20-22(5,6)7/h11-14H,1-10H3. The van der Waals surface area contributed by atoms with E-state index in [1.807, 2.05) is 13.8 Å². The van der Waals surface area contributed by atoms with Crippen molar-refractivity contribution >= 4 is 16.6 Å². The third-order valence-electron chi connectivity index (χ3n) is 3.34. The van der Waals surface area contributed by atoms with Gasteiger partial charge in [0.15, 0.2) is 8.32 Å². The van der Waals surface area contributed by atoms with E-state index in [0.717, 1.165) is 5.56 Å². The van der Waals surface area contributed by atoms with Gasteiger partial charge in [-0.1, -0.05) is 24.3 Å². The van der Waals surface area contributed by atoms with E-state index < -0.39 is 22.2 Å². The highest BCUT2D eigenvalue weighted by molar-refractivity contribution is 6.70. The van der Waals surface area contributed by atoms with E-state index in [1.165, 1.54) is 5.56 Å². The minimum absolute atomic E-state index is 0.275. The van der Waals surface area contributed by atoms with Crippen molar-refractivity contribution in [2.75, 3.05) is 0 Å². The molecule has 0 fully saturated rings. The normalized spacial score (nSPS) is 14.2. The summed E-state index contributed by atoms with van der Waals surface area (Å²) in [6.07, 6.45) is 0. The van der Waals surface area contributed by atoms with Gasteiger partial charge in [0.25, 0.3) is 0 Å². The SMILES string of the molecule is CC(C)(OO[Si](C)(C)C)c1ccc(C(C)(C)O[Si](C)(C)C)cc1. The van der Waals surface area contributed by atoms with Crippen molar-refractivity contribution in [1.82, 2.24) is 0 Å². The molecule has 0 amide bonds. The van der Waals surface area contributed by atoms with Gasteiger partial charge in [0, 0.05) is 0 Å². The van der Waals surface area contributed by atoms with E-state index in [4.69, 9.17) is 13.9 Å². The lowest BCUT2D eigenvalue weighted by atomic mass is 9.92. The van der Waals surface area contributed by atoms with E-state index in [9.17, 15) is 0 Å². The summed E-state index contributed by atoms with van der Waals surface area (Å²) in [5.74, 6) is 0. The highest BCUT2D eigenvalue weighted by Crippen LogP contribution is 2.32. The van der Waals surface area contributed by atoms with Gasteiger partial charge in [-0.05, 0) is 78.1 Å². The fraction of sp³-hybridized carbons (Fsp3) is 0.667. The lowest BCUT2D eigenvalue weighted by Gasteiger charge is -2.34. The molecule has 132 valence electrons. The second-order valence-electron chi connectivity index (χ2n) is 9.09. The molecule has 0 radical (unpaired) electrons. The number of hydrogen-bond acceptors (Lipinski definition) is 3. The molecule has 5 heteroatoms. The summed E-state index contributed by atoms with van der Waals surface area (Å²) in [6.45, 7) is 21.3. The molecule has 0 heterocycles. The van der Waals surface area contributed by atoms with Gasteiger partial charge in [-0.25, -0.2) is 4.89 Å². The van der Waals surface area contributed by atoms with Crippen molar-refractivity contribution in [3.8, 4) is 0 Å². The van der Waals surface area contributed by atoms with Crippen LogP contribution in [0.4, 0.5) is 0 Å². The van der Waals surface area contributed by atoms with Gasteiger partial charge in [-0.15, -0.1) is 0 Å². The monoisotopic (exact) mass is 354 g/mol.